The maximum Gasteiger partial charge on any atom is 0.271 e. The van der Waals surface area contributed by atoms with Crippen LogP contribution in [-0.4, -0.2) is 22.8 Å². The average molecular weight is 322 g/mol. The van der Waals surface area contributed by atoms with Gasteiger partial charge in [0.25, 0.3) is 5.91 Å². The summed E-state index contributed by atoms with van der Waals surface area (Å²) in [5.41, 5.74) is 0.432. The Balaban J connectivity index is 2.56. The number of halogens is 2. The van der Waals surface area contributed by atoms with Crippen molar-refractivity contribution < 1.29 is 4.79 Å². The normalized spacial score (nSPS) is 9.86. The first kappa shape index (κ1) is 11.7. The lowest BCUT2D eigenvalue weighted by molar-refractivity contribution is 0.0948. The number of hydrogen-bond acceptors (Lipinski definition) is 2. The van der Waals surface area contributed by atoms with Crippen molar-refractivity contribution in [2.75, 3.05) is 11.9 Å². The van der Waals surface area contributed by atoms with Gasteiger partial charge in [0.2, 0.25) is 0 Å². The number of aromatic nitrogens is 1. The smallest absolute Gasteiger partial charge is 0.271 e. The molecule has 0 fully saturated rings. The predicted molar refractivity (Wildman–Crippen MR) is 62.7 cm³/mol. The third-order valence-corrected chi connectivity index (χ3v) is 2.77. The maximum absolute atomic E-state index is 11.5. The molecule has 0 aliphatic rings. The molecule has 0 spiro atoms. The summed E-state index contributed by atoms with van der Waals surface area (Å²) in [6.45, 7) is 0.660. The van der Waals surface area contributed by atoms with Crippen LogP contribution < -0.4 is 5.32 Å². The number of alkyl halides is 1. The van der Waals surface area contributed by atoms with Crippen LogP contribution >= 0.6 is 31.9 Å². The molecule has 0 atom stereocenters. The molecule has 14 heavy (non-hydrogen) atoms. The summed E-state index contributed by atoms with van der Waals surface area (Å²) >= 11 is 6.57. The third-order valence-electron chi connectivity index (χ3n) is 1.57. The number of nitrogens with one attached hydrogen (secondary N) is 1. The summed E-state index contributed by atoms with van der Waals surface area (Å²) in [5, 5.41) is 3.66. The van der Waals surface area contributed by atoms with Crippen molar-refractivity contribution in [2.24, 2.45) is 0 Å². The van der Waals surface area contributed by atoms with Crippen LogP contribution in [-0.2, 0) is 0 Å². The Bertz CT molecular complexity index is 317. The molecule has 0 unspecified atom stereocenters. The second-order valence-electron chi connectivity index (χ2n) is 2.63. The lowest BCUT2D eigenvalue weighted by Crippen LogP contribution is -2.25. The summed E-state index contributed by atoms with van der Waals surface area (Å²) in [6.07, 6.45) is 2.51. The monoisotopic (exact) mass is 320 g/mol. The minimum atomic E-state index is -0.140. The topological polar surface area (TPSA) is 42.0 Å². The molecule has 0 saturated carbocycles. The van der Waals surface area contributed by atoms with Gasteiger partial charge in [0, 0.05) is 22.5 Å². The van der Waals surface area contributed by atoms with E-state index in [0.29, 0.717) is 12.2 Å². The Morgan fingerprint density at radius 2 is 2.36 bits per heavy atom. The first-order valence-electron chi connectivity index (χ1n) is 4.20. The van der Waals surface area contributed by atoms with Gasteiger partial charge in [-0.3, -0.25) is 4.79 Å². The first-order valence-corrected chi connectivity index (χ1v) is 6.12. The largest absolute Gasteiger partial charge is 0.351 e. The Kier molecular flexibility index (Phi) is 5.11. The molecule has 76 valence electrons. The molecule has 1 rings (SSSR count). The van der Waals surface area contributed by atoms with Gasteiger partial charge >= 0.3 is 0 Å². The Hall–Kier alpha value is -0.420. The van der Waals surface area contributed by atoms with Gasteiger partial charge in [0.1, 0.15) is 5.69 Å². The molecule has 1 heterocycles. The minimum Gasteiger partial charge on any atom is -0.351 e. The average Bonchev–Trinajstić information content (AvgIpc) is 2.18. The van der Waals surface area contributed by atoms with Crippen molar-refractivity contribution in [1.29, 1.82) is 0 Å². The lowest BCUT2D eigenvalue weighted by atomic mass is 10.3. The van der Waals surface area contributed by atoms with Gasteiger partial charge in [-0.15, -0.1) is 0 Å². The van der Waals surface area contributed by atoms with E-state index < -0.39 is 0 Å². The molecular formula is C9H10Br2N2O. The van der Waals surface area contributed by atoms with Gasteiger partial charge < -0.3 is 5.32 Å². The van der Waals surface area contributed by atoms with Crippen LogP contribution in [0.4, 0.5) is 0 Å². The molecule has 0 bridgehead atoms. The third kappa shape index (κ3) is 3.38. The standard InChI is InChI=1S/C9H10Br2N2O/c10-4-2-6-13-9(14)8-7(11)3-1-5-12-8/h1,3,5H,2,4,6H2,(H,13,14). The van der Waals surface area contributed by atoms with E-state index >= 15 is 0 Å². The number of carbonyl (C=O) groups excluding carboxylic acids is 1. The first-order chi connectivity index (χ1) is 6.75. The fourth-order valence-corrected chi connectivity index (χ4v) is 1.62. The molecule has 5 heteroatoms. The zero-order valence-electron chi connectivity index (χ0n) is 7.46. The van der Waals surface area contributed by atoms with Crippen molar-refractivity contribution >= 4 is 37.8 Å². The van der Waals surface area contributed by atoms with E-state index in [4.69, 9.17) is 0 Å². The zero-order valence-corrected chi connectivity index (χ0v) is 10.6. The van der Waals surface area contributed by atoms with Gasteiger partial charge in [-0.2, -0.15) is 0 Å². The molecule has 1 aromatic heterocycles. The second kappa shape index (κ2) is 6.14. The van der Waals surface area contributed by atoms with Crippen LogP contribution in [0.25, 0.3) is 0 Å². The molecule has 1 N–H and O–H groups in total. The van der Waals surface area contributed by atoms with Crippen molar-refractivity contribution in [3.63, 3.8) is 0 Å². The minimum absolute atomic E-state index is 0.140. The summed E-state index contributed by atoms with van der Waals surface area (Å²) in [4.78, 5) is 15.5. The van der Waals surface area contributed by atoms with Crippen LogP contribution in [0.2, 0.25) is 0 Å². The molecule has 3 nitrogen and oxygen atoms in total. The highest BCUT2D eigenvalue weighted by atomic mass is 79.9. The highest BCUT2D eigenvalue weighted by molar-refractivity contribution is 9.10. The van der Waals surface area contributed by atoms with Gasteiger partial charge in [-0.1, -0.05) is 15.9 Å². The van der Waals surface area contributed by atoms with Gasteiger partial charge in [-0.05, 0) is 34.5 Å². The molecule has 0 aliphatic heterocycles. The number of nitrogens with zero attached hydrogens (tertiary/aromatic N) is 1. The van der Waals surface area contributed by atoms with E-state index in [2.05, 4.69) is 42.2 Å². The predicted octanol–water partition coefficient (Wildman–Crippen LogP) is 2.36. The van der Waals surface area contributed by atoms with E-state index in [1.165, 1.54) is 0 Å². The van der Waals surface area contributed by atoms with E-state index in [1.54, 1.807) is 18.3 Å². The van der Waals surface area contributed by atoms with Crippen LogP contribution in [0.3, 0.4) is 0 Å². The van der Waals surface area contributed by atoms with Crippen LogP contribution in [0.1, 0.15) is 16.9 Å². The van der Waals surface area contributed by atoms with Gasteiger partial charge in [-0.25, -0.2) is 4.98 Å². The van der Waals surface area contributed by atoms with Crippen molar-refractivity contribution in [1.82, 2.24) is 10.3 Å². The maximum atomic E-state index is 11.5. The van der Waals surface area contributed by atoms with Crippen molar-refractivity contribution in [3.8, 4) is 0 Å². The summed E-state index contributed by atoms with van der Waals surface area (Å²) in [6, 6.07) is 3.58. The number of rotatable bonds is 4. The van der Waals surface area contributed by atoms with Crippen LogP contribution in [0.15, 0.2) is 22.8 Å². The SMILES string of the molecule is O=C(NCCCBr)c1ncccc1Br. The molecule has 0 aliphatic carbocycles. The molecule has 0 aromatic carbocycles. The van der Waals surface area contributed by atoms with E-state index in [1.807, 2.05) is 0 Å². The van der Waals surface area contributed by atoms with Crippen LogP contribution in [0.5, 0.6) is 0 Å². The summed E-state index contributed by atoms with van der Waals surface area (Å²) < 4.78 is 0.719. The highest BCUT2D eigenvalue weighted by Gasteiger charge is 2.09. The van der Waals surface area contributed by atoms with E-state index in [0.717, 1.165) is 16.2 Å². The Morgan fingerprint density at radius 3 is 3.00 bits per heavy atom. The lowest BCUT2D eigenvalue weighted by Gasteiger charge is -2.04. The number of carbonyl (C=O) groups is 1. The van der Waals surface area contributed by atoms with Gasteiger partial charge in [0.05, 0.1) is 0 Å². The fourth-order valence-electron chi connectivity index (χ4n) is 0.905. The molecule has 0 radical (unpaired) electrons. The Labute approximate surface area is 99.6 Å². The fraction of sp³-hybridized carbons (Fsp3) is 0.333. The molecule has 0 saturated heterocycles. The molecule has 1 amide bonds. The van der Waals surface area contributed by atoms with E-state index in [9.17, 15) is 4.79 Å². The molecule has 1 aromatic rings. The summed E-state index contributed by atoms with van der Waals surface area (Å²) in [5.74, 6) is -0.140. The zero-order chi connectivity index (χ0) is 10.4. The Morgan fingerprint density at radius 1 is 1.57 bits per heavy atom. The van der Waals surface area contributed by atoms with Crippen LogP contribution in [0, 0.1) is 0 Å². The summed E-state index contributed by atoms with van der Waals surface area (Å²) in [7, 11) is 0. The number of pyridine rings is 1. The number of amides is 1. The highest BCUT2D eigenvalue weighted by Crippen LogP contribution is 2.12. The van der Waals surface area contributed by atoms with Gasteiger partial charge in [0.15, 0.2) is 0 Å². The second-order valence-corrected chi connectivity index (χ2v) is 4.28. The molecular weight excluding hydrogens is 312 g/mol. The van der Waals surface area contributed by atoms with Crippen molar-refractivity contribution in [3.05, 3.63) is 28.5 Å². The quantitative estimate of drug-likeness (QED) is 0.683. The van der Waals surface area contributed by atoms with E-state index in [-0.39, 0.29) is 5.91 Å². The van der Waals surface area contributed by atoms with Crippen molar-refractivity contribution in [2.45, 2.75) is 6.42 Å². The number of hydrogen-bond donors (Lipinski definition) is 1.